The van der Waals surface area contributed by atoms with Crippen molar-refractivity contribution in [2.24, 2.45) is 0 Å². The summed E-state index contributed by atoms with van der Waals surface area (Å²) in [5.74, 6) is -2.25. The van der Waals surface area contributed by atoms with Gasteiger partial charge in [0.1, 0.15) is 30.2 Å². The van der Waals surface area contributed by atoms with Gasteiger partial charge in [-0.25, -0.2) is 4.79 Å². The highest BCUT2D eigenvalue weighted by Gasteiger charge is 2.31. The third-order valence-corrected chi connectivity index (χ3v) is 12.5. The van der Waals surface area contributed by atoms with Crippen LogP contribution in [0.2, 0.25) is 0 Å². The number of carboxylic acid groups (broad SMARTS) is 1. The van der Waals surface area contributed by atoms with Gasteiger partial charge in [-0.2, -0.15) is 0 Å². The number of rotatable bonds is 26. The number of carbonyl (C=O) groups is 5. The molecule has 0 spiro atoms. The van der Waals surface area contributed by atoms with Crippen molar-refractivity contribution >= 4 is 52.0 Å². The Morgan fingerprint density at radius 2 is 1.26 bits per heavy atom. The molecule has 5 aromatic rings. The molecule has 69 heavy (non-hydrogen) atoms. The zero-order valence-electron chi connectivity index (χ0n) is 39.7. The van der Waals surface area contributed by atoms with E-state index < -0.39 is 54.7 Å². The number of anilines is 2. The fraction of sp³-hybridized carbons (Fsp3) is 0.404. The lowest BCUT2D eigenvalue weighted by molar-refractivity contribution is -0.140. The summed E-state index contributed by atoms with van der Waals surface area (Å²) in [7, 11) is 3.04. The number of aryl methyl sites for hydroxylation is 2. The molecule has 4 aromatic carbocycles. The standard InChI is InChI=1S/C52H66N6O11/c1-5-39(6-2)58(28-27-56(3)44(62)25-26-45(63)57(4)31-42(60)47(64)48(65)43(61)32-59)30-35-13-10-14-37(29-35)50(66)55-49-46(40-15-7-8-16-41(40)54-49)51(67)53-38-23-19-34(20-24-38)12-9-11-33-17-21-36(22-18-33)52(68)69/h7-8,10,13-24,29,39,42-43,47-48,54,59-61,64-65H,5-6,9,11-12,25-28,30-32H2,1-4H3,(H,53,67)(H,55,66)(H,68,69)/t42-,43+,47+,48+/m0/s1. The van der Waals surface area contributed by atoms with Crippen LogP contribution in [0.4, 0.5) is 11.5 Å². The van der Waals surface area contributed by atoms with E-state index in [1.807, 2.05) is 72.8 Å². The van der Waals surface area contributed by atoms with Gasteiger partial charge in [-0.15, -0.1) is 0 Å². The summed E-state index contributed by atoms with van der Waals surface area (Å²) < 4.78 is 0. The quantitative estimate of drug-likeness (QED) is 0.0367. The Morgan fingerprint density at radius 3 is 1.88 bits per heavy atom. The van der Waals surface area contributed by atoms with Gasteiger partial charge >= 0.3 is 5.97 Å². The van der Waals surface area contributed by atoms with Crippen LogP contribution in [-0.4, -0.2) is 151 Å². The van der Waals surface area contributed by atoms with Crippen LogP contribution < -0.4 is 10.6 Å². The van der Waals surface area contributed by atoms with E-state index in [9.17, 15) is 44.4 Å². The number of benzene rings is 4. The number of nitrogens with one attached hydrogen (secondary N) is 3. The maximum absolute atomic E-state index is 13.9. The molecule has 17 heteroatoms. The smallest absolute Gasteiger partial charge is 0.335 e. The average Bonchev–Trinajstić information content (AvgIpc) is 3.72. The molecular formula is C52H66N6O11. The van der Waals surface area contributed by atoms with Crippen LogP contribution in [0.1, 0.15) is 93.7 Å². The van der Waals surface area contributed by atoms with Crippen molar-refractivity contribution in [3.8, 4) is 0 Å². The van der Waals surface area contributed by atoms with E-state index in [1.54, 1.807) is 36.2 Å². The Labute approximate surface area is 402 Å². The van der Waals surface area contributed by atoms with Crippen molar-refractivity contribution in [2.45, 2.75) is 95.8 Å². The normalized spacial score (nSPS) is 13.2. The number of carbonyl (C=O) groups excluding carboxylic acids is 4. The highest BCUT2D eigenvalue weighted by molar-refractivity contribution is 6.19. The van der Waals surface area contributed by atoms with Crippen molar-refractivity contribution in [3.63, 3.8) is 0 Å². The van der Waals surface area contributed by atoms with E-state index >= 15 is 0 Å². The molecule has 0 aliphatic rings. The minimum Gasteiger partial charge on any atom is -0.478 e. The SMILES string of the molecule is CCC(CC)N(CCN(C)C(=O)CCC(=O)N(C)C[C@H](O)[C@@H](O)[C@H](O)[C@H](O)CO)Cc1cccc(C(=O)Nc2[nH]c3ccccc3c2C(=O)Nc2ccc(CCCc3ccc(C(=O)O)cc3)cc2)c1. The predicted molar refractivity (Wildman–Crippen MR) is 263 cm³/mol. The third-order valence-electron chi connectivity index (χ3n) is 12.5. The fourth-order valence-corrected chi connectivity index (χ4v) is 8.21. The molecule has 0 fully saturated rings. The molecule has 0 unspecified atom stereocenters. The number of H-pyrrole nitrogens is 1. The van der Waals surface area contributed by atoms with Gasteiger partial charge < -0.3 is 56.1 Å². The number of para-hydroxylation sites is 1. The number of hydrogen-bond acceptors (Lipinski definition) is 11. The molecule has 4 atom stereocenters. The molecule has 0 saturated carbocycles. The number of aliphatic hydroxyl groups excluding tert-OH is 5. The first-order valence-electron chi connectivity index (χ1n) is 23.3. The first-order valence-corrected chi connectivity index (χ1v) is 23.3. The van der Waals surface area contributed by atoms with Gasteiger partial charge in [0, 0.05) is 81.3 Å². The van der Waals surface area contributed by atoms with E-state index in [1.165, 1.54) is 7.05 Å². The van der Waals surface area contributed by atoms with Gasteiger partial charge in [0.15, 0.2) is 0 Å². The molecular weight excluding hydrogens is 885 g/mol. The van der Waals surface area contributed by atoms with Crippen LogP contribution in [0.3, 0.4) is 0 Å². The minimum atomic E-state index is -1.82. The number of aromatic amines is 1. The largest absolute Gasteiger partial charge is 0.478 e. The van der Waals surface area contributed by atoms with Crippen molar-refractivity contribution in [1.82, 2.24) is 19.7 Å². The molecule has 9 N–H and O–H groups in total. The van der Waals surface area contributed by atoms with Crippen molar-refractivity contribution in [2.75, 3.05) is 51.0 Å². The summed E-state index contributed by atoms with van der Waals surface area (Å²) in [6.07, 6.45) is -3.02. The maximum Gasteiger partial charge on any atom is 0.335 e. The Hall–Kier alpha value is -6.47. The summed E-state index contributed by atoms with van der Waals surface area (Å²) >= 11 is 0. The Bertz CT molecular complexity index is 2490. The van der Waals surface area contributed by atoms with Crippen molar-refractivity contribution in [1.29, 1.82) is 0 Å². The molecule has 1 aromatic heterocycles. The molecule has 1 heterocycles. The molecule has 0 aliphatic carbocycles. The van der Waals surface area contributed by atoms with Crippen LogP contribution in [-0.2, 0) is 29.0 Å². The van der Waals surface area contributed by atoms with Crippen LogP contribution in [0, 0.1) is 0 Å². The second-order valence-corrected chi connectivity index (χ2v) is 17.4. The molecule has 4 amide bonds. The second-order valence-electron chi connectivity index (χ2n) is 17.4. The number of nitrogens with zero attached hydrogens (tertiary/aromatic N) is 3. The molecule has 0 radical (unpaired) electrons. The highest BCUT2D eigenvalue weighted by Crippen LogP contribution is 2.28. The lowest BCUT2D eigenvalue weighted by Gasteiger charge is -2.32. The first kappa shape index (κ1) is 53.5. The third kappa shape index (κ3) is 15.0. The Kier molecular flexibility index (Phi) is 20.0. The number of aromatic nitrogens is 1. The van der Waals surface area contributed by atoms with E-state index in [0.717, 1.165) is 53.7 Å². The van der Waals surface area contributed by atoms with Crippen molar-refractivity contribution < 1.29 is 54.6 Å². The zero-order chi connectivity index (χ0) is 50.2. The summed E-state index contributed by atoms with van der Waals surface area (Å²) in [5, 5.41) is 64.5. The van der Waals surface area contributed by atoms with E-state index in [2.05, 4.69) is 34.4 Å². The number of hydrogen-bond donors (Lipinski definition) is 9. The number of amides is 4. The van der Waals surface area contributed by atoms with E-state index in [-0.39, 0.29) is 48.3 Å². The fourth-order valence-electron chi connectivity index (χ4n) is 8.21. The summed E-state index contributed by atoms with van der Waals surface area (Å²) in [5.41, 5.74) is 5.21. The van der Waals surface area contributed by atoms with Gasteiger partial charge in [-0.3, -0.25) is 24.1 Å². The topological polar surface area (TPSA) is 256 Å². The van der Waals surface area contributed by atoms with Crippen LogP contribution in [0.15, 0.2) is 97.1 Å². The summed E-state index contributed by atoms with van der Waals surface area (Å²) in [6.45, 7) is 4.34. The number of aliphatic hydroxyl groups is 5. The van der Waals surface area contributed by atoms with Gasteiger partial charge in [0.05, 0.1) is 17.7 Å². The second kappa shape index (κ2) is 25.8. The number of carboxylic acids is 1. The zero-order valence-corrected chi connectivity index (χ0v) is 39.7. The number of aromatic carboxylic acids is 1. The molecule has 0 bridgehead atoms. The van der Waals surface area contributed by atoms with Crippen LogP contribution in [0.5, 0.6) is 0 Å². The number of fused-ring (bicyclic) bond motifs is 1. The molecule has 5 rings (SSSR count). The van der Waals surface area contributed by atoms with Crippen molar-refractivity contribution in [3.05, 3.63) is 130 Å². The first-order chi connectivity index (χ1) is 33.0. The van der Waals surface area contributed by atoms with E-state index in [4.69, 9.17) is 10.2 Å². The summed E-state index contributed by atoms with van der Waals surface area (Å²) in [4.78, 5) is 73.1. The van der Waals surface area contributed by atoms with Crippen LogP contribution in [0.25, 0.3) is 10.9 Å². The summed E-state index contributed by atoms with van der Waals surface area (Å²) in [6, 6.07) is 29.2. The molecule has 370 valence electrons. The average molecular weight is 951 g/mol. The minimum absolute atomic E-state index is 0.0999. The Balaban J connectivity index is 1.17. The van der Waals surface area contributed by atoms with E-state index in [0.29, 0.717) is 41.8 Å². The molecule has 17 nitrogen and oxygen atoms in total. The molecule has 0 saturated heterocycles. The van der Waals surface area contributed by atoms with Gasteiger partial charge in [-0.05, 0) is 91.3 Å². The van der Waals surface area contributed by atoms with Crippen LogP contribution >= 0.6 is 0 Å². The Morgan fingerprint density at radius 1 is 0.652 bits per heavy atom. The van der Waals surface area contributed by atoms with Gasteiger partial charge in [0.25, 0.3) is 11.8 Å². The lowest BCUT2D eigenvalue weighted by Crippen LogP contribution is -2.50. The van der Waals surface area contributed by atoms with Gasteiger partial charge in [0.2, 0.25) is 11.8 Å². The van der Waals surface area contributed by atoms with Gasteiger partial charge in [-0.1, -0.05) is 68.4 Å². The maximum atomic E-state index is 13.9. The number of likely N-dealkylation sites (N-methyl/N-ethyl adjacent to an activating group) is 2. The lowest BCUT2D eigenvalue weighted by atomic mass is 10.0. The highest BCUT2D eigenvalue weighted by atomic mass is 16.4. The molecule has 0 aliphatic heterocycles. The monoisotopic (exact) mass is 950 g/mol. The predicted octanol–water partition coefficient (Wildman–Crippen LogP) is 4.67.